The van der Waals surface area contributed by atoms with Gasteiger partial charge in [-0.15, -0.1) is 0 Å². The number of fused-ring (bicyclic) bond motifs is 3. The van der Waals surface area contributed by atoms with Gasteiger partial charge >= 0.3 is 5.97 Å². The normalized spacial score (nSPS) is 20.2. The van der Waals surface area contributed by atoms with E-state index in [1.807, 2.05) is 10.5 Å². The Morgan fingerprint density at radius 2 is 1.84 bits per heavy atom. The predicted octanol–water partition coefficient (Wildman–Crippen LogP) is 5.23. The number of hydrogen-bond donors (Lipinski definition) is 2. The summed E-state index contributed by atoms with van der Waals surface area (Å²) in [7, 11) is -1.80. The highest BCUT2D eigenvalue weighted by Crippen LogP contribution is 2.41. The van der Waals surface area contributed by atoms with Gasteiger partial charge in [0, 0.05) is 12.0 Å². The van der Waals surface area contributed by atoms with E-state index < -0.39 is 14.3 Å². The minimum absolute atomic E-state index is 0.190. The van der Waals surface area contributed by atoms with E-state index in [0.29, 0.717) is 16.6 Å². The second-order valence-corrected chi connectivity index (χ2v) is 15.4. The molecule has 32 heavy (non-hydrogen) atoms. The van der Waals surface area contributed by atoms with Crippen molar-refractivity contribution in [1.82, 2.24) is 14.4 Å². The summed E-state index contributed by atoms with van der Waals surface area (Å²) in [6, 6.07) is 3.38. The lowest BCUT2D eigenvalue weighted by molar-refractivity contribution is 0.0696. The molecule has 0 saturated heterocycles. The Hall–Kier alpha value is -2.45. The van der Waals surface area contributed by atoms with Crippen molar-refractivity contribution in [3.63, 3.8) is 0 Å². The molecule has 0 radical (unpaired) electrons. The van der Waals surface area contributed by atoms with Gasteiger partial charge in [-0.25, -0.2) is 9.78 Å². The van der Waals surface area contributed by atoms with Gasteiger partial charge in [-0.05, 0) is 68.4 Å². The average molecular weight is 456 g/mol. The molecule has 1 aromatic carbocycles. The predicted molar refractivity (Wildman–Crippen MR) is 128 cm³/mol. The molecule has 0 atom stereocenters. The van der Waals surface area contributed by atoms with Crippen molar-refractivity contribution in [3.05, 3.63) is 45.6 Å². The van der Waals surface area contributed by atoms with Crippen molar-refractivity contribution in [2.24, 2.45) is 0 Å². The Balaban J connectivity index is 1.67. The first-order chi connectivity index (χ1) is 14.9. The van der Waals surface area contributed by atoms with Gasteiger partial charge in [0.15, 0.2) is 8.32 Å². The Labute approximate surface area is 189 Å². The molecular weight excluding hydrogens is 422 g/mol. The number of aromatic nitrogens is 3. The molecule has 1 fully saturated rings. The zero-order valence-electron chi connectivity index (χ0n) is 19.8. The first-order valence-electron chi connectivity index (χ1n) is 11.3. The number of nitrogens with one attached hydrogen (secondary N) is 1. The number of carboxylic acid groups (broad SMARTS) is 1. The number of carbonyl (C=O) groups is 1. The third kappa shape index (κ3) is 3.90. The largest absolute Gasteiger partial charge is 0.478 e. The lowest BCUT2D eigenvalue weighted by Gasteiger charge is -2.41. The minimum Gasteiger partial charge on any atom is -0.478 e. The summed E-state index contributed by atoms with van der Waals surface area (Å²) in [5, 5.41) is 9.65. The standard InChI is InChI=1S/C24H33N3O4Si/c1-14-11-19-18(12-17(14)23(29)30)26-22(28)20-13-25-21(27(19)20)15-7-9-16(10-8-15)31-32(5,6)24(2,3)4/h11-13,15-16H,7-10H2,1-6H3,(H,26,28)(H,29,30)/t15-,16+. The number of benzene rings is 1. The maximum Gasteiger partial charge on any atom is 0.336 e. The van der Waals surface area contributed by atoms with E-state index in [2.05, 4.69) is 43.8 Å². The molecule has 4 rings (SSSR count). The van der Waals surface area contributed by atoms with E-state index in [0.717, 1.165) is 37.0 Å². The van der Waals surface area contributed by atoms with Crippen LogP contribution in [0.15, 0.2) is 23.1 Å². The van der Waals surface area contributed by atoms with Crippen LogP contribution in [0.25, 0.3) is 16.6 Å². The van der Waals surface area contributed by atoms with Crippen molar-refractivity contribution < 1.29 is 14.3 Å². The number of aromatic amines is 1. The second kappa shape index (κ2) is 7.85. The highest BCUT2D eigenvalue weighted by atomic mass is 28.4. The molecule has 0 bridgehead atoms. The van der Waals surface area contributed by atoms with Crippen molar-refractivity contribution in [1.29, 1.82) is 0 Å². The molecular formula is C24H33N3O4Si. The fourth-order valence-electron chi connectivity index (χ4n) is 4.49. The summed E-state index contributed by atoms with van der Waals surface area (Å²) < 4.78 is 8.56. The lowest BCUT2D eigenvalue weighted by Crippen LogP contribution is -2.44. The van der Waals surface area contributed by atoms with Crippen molar-refractivity contribution in [2.45, 2.75) is 83.5 Å². The number of imidazole rings is 1. The van der Waals surface area contributed by atoms with E-state index in [1.165, 1.54) is 0 Å². The zero-order valence-corrected chi connectivity index (χ0v) is 20.8. The van der Waals surface area contributed by atoms with Gasteiger partial charge in [0.1, 0.15) is 11.3 Å². The number of carboxylic acids is 1. The van der Waals surface area contributed by atoms with E-state index in [-0.39, 0.29) is 28.2 Å². The Morgan fingerprint density at radius 1 is 1.19 bits per heavy atom. The molecule has 1 aliphatic rings. The van der Waals surface area contributed by atoms with Crippen LogP contribution in [-0.4, -0.2) is 39.9 Å². The highest BCUT2D eigenvalue weighted by molar-refractivity contribution is 6.74. The molecule has 2 aromatic heterocycles. The monoisotopic (exact) mass is 455 g/mol. The molecule has 2 heterocycles. The second-order valence-electron chi connectivity index (χ2n) is 10.6. The molecule has 0 aliphatic heterocycles. The molecule has 7 nitrogen and oxygen atoms in total. The van der Waals surface area contributed by atoms with Crippen LogP contribution in [0, 0.1) is 6.92 Å². The molecule has 172 valence electrons. The van der Waals surface area contributed by atoms with Crippen LogP contribution in [0.4, 0.5) is 0 Å². The van der Waals surface area contributed by atoms with E-state index in [9.17, 15) is 14.7 Å². The SMILES string of the molecule is Cc1cc2c(cc1C(=O)O)[nH]c(=O)c1cnc([C@H]3CC[C@@H](O[Si](C)(C)C(C)(C)C)CC3)n12. The number of rotatable bonds is 4. The van der Waals surface area contributed by atoms with Gasteiger partial charge in [0.05, 0.1) is 22.8 Å². The van der Waals surface area contributed by atoms with Crippen LogP contribution in [0.5, 0.6) is 0 Å². The van der Waals surface area contributed by atoms with Gasteiger partial charge in [-0.3, -0.25) is 9.20 Å². The van der Waals surface area contributed by atoms with Crippen LogP contribution in [0.1, 0.15) is 74.1 Å². The topological polar surface area (TPSA) is 96.7 Å². The van der Waals surface area contributed by atoms with Crippen LogP contribution in [0.2, 0.25) is 18.1 Å². The number of nitrogens with zero attached hydrogens (tertiary/aromatic N) is 2. The van der Waals surface area contributed by atoms with Crippen molar-refractivity contribution in [2.75, 3.05) is 0 Å². The number of H-pyrrole nitrogens is 1. The fourth-order valence-corrected chi connectivity index (χ4v) is 5.92. The molecule has 0 spiro atoms. The summed E-state index contributed by atoms with van der Waals surface area (Å²) >= 11 is 0. The van der Waals surface area contributed by atoms with E-state index in [1.54, 1.807) is 19.2 Å². The Bertz CT molecular complexity index is 1240. The maximum atomic E-state index is 12.7. The molecule has 1 saturated carbocycles. The third-order valence-electron chi connectivity index (χ3n) is 7.39. The molecule has 1 aliphatic carbocycles. The Morgan fingerprint density at radius 3 is 2.44 bits per heavy atom. The fraction of sp³-hybridized carbons (Fsp3) is 0.542. The summed E-state index contributed by atoms with van der Waals surface area (Å²) in [5.74, 6) is 0.113. The molecule has 0 amide bonds. The summed E-state index contributed by atoms with van der Waals surface area (Å²) in [5.41, 5.74) is 2.39. The van der Waals surface area contributed by atoms with Crippen molar-refractivity contribution >= 4 is 30.8 Å². The van der Waals surface area contributed by atoms with Gasteiger partial charge in [0.25, 0.3) is 5.56 Å². The summed E-state index contributed by atoms with van der Waals surface area (Å²) in [4.78, 5) is 31.7. The zero-order chi connectivity index (χ0) is 23.4. The van der Waals surface area contributed by atoms with Gasteiger partial charge < -0.3 is 14.5 Å². The first kappa shape index (κ1) is 22.7. The number of aryl methyl sites for hydroxylation is 1. The highest BCUT2D eigenvalue weighted by Gasteiger charge is 2.40. The number of aromatic carboxylic acids is 1. The number of hydrogen-bond acceptors (Lipinski definition) is 4. The molecule has 8 heteroatoms. The van der Waals surface area contributed by atoms with Crippen molar-refractivity contribution in [3.8, 4) is 0 Å². The van der Waals surface area contributed by atoms with Crippen LogP contribution in [-0.2, 0) is 4.43 Å². The smallest absolute Gasteiger partial charge is 0.336 e. The molecule has 0 unspecified atom stereocenters. The van der Waals surface area contributed by atoms with Crippen LogP contribution in [0.3, 0.4) is 0 Å². The molecule has 3 aromatic rings. The van der Waals surface area contributed by atoms with E-state index in [4.69, 9.17) is 4.43 Å². The van der Waals surface area contributed by atoms with Crippen LogP contribution >= 0.6 is 0 Å². The quantitative estimate of drug-likeness (QED) is 0.525. The van der Waals surface area contributed by atoms with Gasteiger partial charge in [0.2, 0.25) is 0 Å². The Kier molecular flexibility index (Phi) is 5.57. The first-order valence-corrected chi connectivity index (χ1v) is 14.2. The summed E-state index contributed by atoms with van der Waals surface area (Å²) in [6.07, 6.45) is 5.79. The van der Waals surface area contributed by atoms with Crippen LogP contribution < -0.4 is 5.56 Å². The summed E-state index contributed by atoms with van der Waals surface area (Å²) in [6.45, 7) is 13.2. The minimum atomic E-state index is -1.80. The lowest BCUT2D eigenvalue weighted by atomic mass is 9.87. The van der Waals surface area contributed by atoms with E-state index >= 15 is 0 Å². The van der Waals surface area contributed by atoms with Gasteiger partial charge in [-0.1, -0.05) is 20.8 Å². The maximum absolute atomic E-state index is 12.7. The average Bonchev–Trinajstić information content (AvgIpc) is 3.13. The third-order valence-corrected chi connectivity index (χ3v) is 11.9. The molecule has 2 N–H and O–H groups in total. The van der Waals surface area contributed by atoms with Gasteiger partial charge in [-0.2, -0.15) is 0 Å².